The third-order valence-electron chi connectivity index (χ3n) is 3.14. The molecule has 0 amide bonds. The van der Waals surface area contributed by atoms with Crippen molar-refractivity contribution < 1.29 is 4.74 Å². The van der Waals surface area contributed by atoms with Crippen molar-refractivity contribution in [1.29, 1.82) is 0 Å². The number of rotatable bonds is 4. The zero-order valence-corrected chi connectivity index (χ0v) is 15.1. The van der Waals surface area contributed by atoms with Crippen molar-refractivity contribution in [2.45, 2.75) is 0 Å². The highest BCUT2D eigenvalue weighted by atomic mass is 35.5. The average molecular weight is 380 g/mol. The first kappa shape index (κ1) is 14.9. The van der Waals surface area contributed by atoms with Crippen LogP contribution in [0, 0.1) is 0 Å². The molecule has 0 bridgehead atoms. The minimum atomic E-state index is 0.766. The van der Waals surface area contributed by atoms with E-state index in [1.165, 1.54) is 11.3 Å². The first-order valence-corrected chi connectivity index (χ1v) is 9.53. The Balaban J connectivity index is 1.59. The van der Waals surface area contributed by atoms with Crippen molar-refractivity contribution in [3.8, 4) is 16.3 Å². The molecule has 0 aliphatic heterocycles. The number of hydrogen-bond acceptors (Lipinski definition) is 7. The first-order valence-electron chi connectivity index (χ1n) is 6.64. The summed E-state index contributed by atoms with van der Waals surface area (Å²) >= 11 is 10.6. The van der Waals surface area contributed by atoms with Crippen LogP contribution in [0.4, 0.5) is 10.3 Å². The van der Waals surface area contributed by atoms with Gasteiger partial charge in [-0.25, -0.2) is 9.97 Å². The number of methoxy groups -OCH3 is 1. The van der Waals surface area contributed by atoms with E-state index in [1.54, 1.807) is 29.8 Å². The van der Waals surface area contributed by atoms with Gasteiger partial charge in [0.1, 0.15) is 5.75 Å². The van der Waals surface area contributed by atoms with E-state index in [1.807, 2.05) is 35.7 Å². The van der Waals surface area contributed by atoms with Crippen molar-refractivity contribution >= 4 is 66.1 Å². The highest BCUT2D eigenvalue weighted by molar-refractivity contribution is 7.22. The molecule has 0 atom stereocenters. The number of ether oxygens (including phenoxy) is 1. The lowest BCUT2D eigenvalue weighted by Crippen LogP contribution is -1.88. The smallest absolute Gasteiger partial charge is 0.190 e. The van der Waals surface area contributed by atoms with Crippen molar-refractivity contribution in [3.05, 3.63) is 40.0 Å². The summed E-state index contributed by atoms with van der Waals surface area (Å²) in [5.74, 6) is 0.806. The molecule has 3 heterocycles. The van der Waals surface area contributed by atoms with E-state index in [4.69, 9.17) is 16.3 Å². The molecular weight excluding hydrogens is 370 g/mol. The molecule has 0 spiro atoms. The van der Waals surface area contributed by atoms with E-state index in [2.05, 4.69) is 15.3 Å². The molecular formula is C15H10ClN3OS3. The molecule has 0 saturated carbocycles. The Morgan fingerprint density at radius 3 is 2.78 bits per heavy atom. The molecule has 116 valence electrons. The Morgan fingerprint density at radius 2 is 2.00 bits per heavy atom. The fraction of sp³-hybridized carbons (Fsp3) is 0.0667. The van der Waals surface area contributed by atoms with Crippen LogP contribution in [0.5, 0.6) is 5.75 Å². The molecule has 4 nitrogen and oxygen atoms in total. The molecule has 23 heavy (non-hydrogen) atoms. The number of nitrogens with one attached hydrogen (secondary N) is 1. The van der Waals surface area contributed by atoms with E-state index in [0.29, 0.717) is 0 Å². The molecule has 4 rings (SSSR count). The molecule has 3 aromatic heterocycles. The van der Waals surface area contributed by atoms with Crippen molar-refractivity contribution in [2.75, 3.05) is 12.4 Å². The van der Waals surface area contributed by atoms with Gasteiger partial charge in [-0.05, 0) is 24.3 Å². The molecule has 0 radical (unpaired) electrons. The average Bonchev–Trinajstić information content (AvgIpc) is 3.25. The second kappa shape index (κ2) is 6.09. The van der Waals surface area contributed by atoms with Crippen molar-refractivity contribution in [2.24, 2.45) is 0 Å². The number of thiophene rings is 1. The fourth-order valence-electron chi connectivity index (χ4n) is 2.08. The zero-order chi connectivity index (χ0) is 15.8. The number of anilines is 2. The Kier molecular flexibility index (Phi) is 3.94. The normalized spacial score (nSPS) is 11.0. The van der Waals surface area contributed by atoms with Gasteiger partial charge in [0, 0.05) is 11.4 Å². The van der Waals surface area contributed by atoms with Crippen LogP contribution in [0.15, 0.2) is 35.7 Å². The summed E-state index contributed by atoms with van der Waals surface area (Å²) in [5.41, 5.74) is 1.84. The maximum absolute atomic E-state index is 5.98. The second-order valence-corrected chi connectivity index (χ2v) is 8.22. The third-order valence-corrected chi connectivity index (χ3v) is 6.10. The molecule has 4 aromatic rings. The van der Waals surface area contributed by atoms with Gasteiger partial charge in [-0.3, -0.25) is 0 Å². The van der Waals surface area contributed by atoms with E-state index in [9.17, 15) is 0 Å². The molecule has 1 aromatic carbocycles. The Labute approximate surface area is 149 Å². The Hall–Kier alpha value is -1.67. The number of fused-ring (bicyclic) bond motifs is 1. The maximum Gasteiger partial charge on any atom is 0.190 e. The standard InChI is InChI=1S/C15H10ClN3OS3/c1-20-8-2-3-11-9(6-8)17-15(23-11)19-14-18-10(7-21-14)12-4-5-13(16)22-12/h2-7H,1H3,(H,17,18,19). The summed E-state index contributed by atoms with van der Waals surface area (Å²) in [5, 5.41) is 6.92. The van der Waals surface area contributed by atoms with Gasteiger partial charge in [0.05, 0.1) is 32.2 Å². The molecule has 0 unspecified atom stereocenters. The topological polar surface area (TPSA) is 47.0 Å². The summed E-state index contributed by atoms with van der Waals surface area (Å²) in [6, 6.07) is 9.74. The van der Waals surface area contributed by atoms with Crippen LogP contribution in [0.25, 0.3) is 20.8 Å². The number of aromatic nitrogens is 2. The highest BCUT2D eigenvalue weighted by Crippen LogP contribution is 2.35. The predicted molar refractivity (Wildman–Crippen MR) is 99.9 cm³/mol. The van der Waals surface area contributed by atoms with Gasteiger partial charge in [0.2, 0.25) is 0 Å². The Morgan fingerprint density at radius 1 is 1.09 bits per heavy atom. The quantitative estimate of drug-likeness (QED) is 0.480. The van der Waals surface area contributed by atoms with Crippen LogP contribution in [0.1, 0.15) is 0 Å². The van der Waals surface area contributed by atoms with E-state index < -0.39 is 0 Å². The Bertz CT molecular complexity index is 975. The van der Waals surface area contributed by atoms with Crippen LogP contribution in [0.2, 0.25) is 4.34 Å². The van der Waals surface area contributed by atoms with Gasteiger partial charge in [-0.1, -0.05) is 22.9 Å². The minimum absolute atomic E-state index is 0.766. The summed E-state index contributed by atoms with van der Waals surface area (Å²) in [6.07, 6.45) is 0. The monoisotopic (exact) mass is 379 g/mol. The van der Waals surface area contributed by atoms with E-state index in [-0.39, 0.29) is 0 Å². The fourth-order valence-corrected chi connectivity index (χ4v) is 4.77. The zero-order valence-electron chi connectivity index (χ0n) is 11.9. The number of hydrogen-bond donors (Lipinski definition) is 1. The van der Waals surface area contributed by atoms with Crippen molar-refractivity contribution in [3.63, 3.8) is 0 Å². The van der Waals surface area contributed by atoms with Crippen LogP contribution < -0.4 is 10.1 Å². The number of thiazole rings is 2. The van der Waals surface area contributed by atoms with Gasteiger partial charge in [-0.15, -0.1) is 22.7 Å². The molecule has 0 saturated heterocycles. The summed E-state index contributed by atoms with van der Waals surface area (Å²) in [7, 11) is 1.65. The molecule has 8 heteroatoms. The van der Waals surface area contributed by atoms with Gasteiger partial charge in [-0.2, -0.15) is 0 Å². The van der Waals surface area contributed by atoms with Crippen LogP contribution in [0.3, 0.4) is 0 Å². The van der Waals surface area contributed by atoms with Gasteiger partial charge in [0.25, 0.3) is 0 Å². The van der Waals surface area contributed by atoms with Gasteiger partial charge >= 0.3 is 0 Å². The lowest BCUT2D eigenvalue weighted by molar-refractivity contribution is 0.415. The van der Waals surface area contributed by atoms with E-state index >= 15 is 0 Å². The van der Waals surface area contributed by atoms with Gasteiger partial charge in [0.15, 0.2) is 10.3 Å². The largest absolute Gasteiger partial charge is 0.497 e. The molecule has 0 fully saturated rings. The lowest BCUT2D eigenvalue weighted by Gasteiger charge is -1.96. The summed E-state index contributed by atoms with van der Waals surface area (Å²) in [4.78, 5) is 10.2. The number of benzene rings is 1. The van der Waals surface area contributed by atoms with Crippen LogP contribution >= 0.6 is 45.6 Å². The lowest BCUT2D eigenvalue weighted by atomic mass is 10.3. The number of halogens is 1. The molecule has 0 aliphatic carbocycles. The maximum atomic E-state index is 5.98. The summed E-state index contributed by atoms with van der Waals surface area (Å²) in [6.45, 7) is 0. The molecule has 0 aliphatic rings. The number of nitrogens with zero attached hydrogens (tertiary/aromatic N) is 2. The highest BCUT2D eigenvalue weighted by Gasteiger charge is 2.10. The predicted octanol–water partition coefficient (Wildman–Crippen LogP) is 5.89. The summed E-state index contributed by atoms with van der Waals surface area (Å²) < 4.78 is 7.10. The molecule has 1 N–H and O–H groups in total. The second-order valence-electron chi connectivity index (χ2n) is 4.62. The SMILES string of the molecule is COc1ccc2sc(Nc3nc(-c4ccc(Cl)s4)cs3)nc2c1. The van der Waals surface area contributed by atoms with E-state index in [0.717, 1.165) is 41.1 Å². The van der Waals surface area contributed by atoms with Crippen molar-refractivity contribution in [1.82, 2.24) is 9.97 Å². The minimum Gasteiger partial charge on any atom is -0.497 e. The van der Waals surface area contributed by atoms with Gasteiger partial charge < -0.3 is 10.1 Å². The van der Waals surface area contributed by atoms with Crippen LogP contribution in [-0.4, -0.2) is 17.1 Å². The third kappa shape index (κ3) is 3.05. The first-order chi connectivity index (χ1) is 11.2. The van der Waals surface area contributed by atoms with Crippen LogP contribution in [-0.2, 0) is 0 Å².